The number of nitrogens with zero attached hydrogens (tertiary/aromatic N) is 1. The van der Waals surface area contributed by atoms with Crippen LogP contribution in [0, 0.1) is 11.7 Å². The molecule has 0 saturated carbocycles. The molecule has 174 valence electrons. The second kappa shape index (κ2) is 10.6. The molecule has 2 aliphatic rings. The number of benzene rings is 2. The summed E-state index contributed by atoms with van der Waals surface area (Å²) in [6.07, 6.45) is 4.94. The molecule has 4 rings (SSSR count). The molecule has 2 aromatic rings. The number of likely N-dealkylation sites (tertiary alicyclic amines) is 1. The van der Waals surface area contributed by atoms with Crippen molar-refractivity contribution in [2.75, 3.05) is 37.6 Å². The number of amides is 2. The zero-order valence-corrected chi connectivity index (χ0v) is 19.0. The first-order valence-electron chi connectivity index (χ1n) is 11.7. The molecular weight excluding hydrogens is 421 g/mol. The molecule has 2 aliphatic heterocycles. The largest absolute Gasteiger partial charge is 0.449 e. The molecule has 7 heteroatoms. The first kappa shape index (κ1) is 23.0. The molecule has 2 N–H and O–H groups in total. The van der Waals surface area contributed by atoms with E-state index in [1.54, 1.807) is 41.3 Å². The highest BCUT2D eigenvalue weighted by molar-refractivity contribution is 6.12. The topological polar surface area (TPSA) is 63.1 Å². The first-order chi connectivity index (χ1) is 16.0. The molecule has 0 spiro atoms. The van der Waals surface area contributed by atoms with Gasteiger partial charge in [-0.15, -0.1) is 0 Å². The Morgan fingerprint density at radius 3 is 2.79 bits per heavy atom. The third kappa shape index (κ3) is 5.99. The number of hydrogen-bond donors (Lipinski definition) is 2. The Kier molecular flexibility index (Phi) is 7.40. The van der Waals surface area contributed by atoms with E-state index in [0.29, 0.717) is 23.5 Å². The molecule has 0 aliphatic carbocycles. The van der Waals surface area contributed by atoms with Crippen LogP contribution in [0.5, 0.6) is 5.75 Å². The summed E-state index contributed by atoms with van der Waals surface area (Å²) in [5.41, 5.74) is 1.05. The van der Waals surface area contributed by atoms with Crippen LogP contribution in [0.25, 0.3) is 6.08 Å². The van der Waals surface area contributed by atoms with Crippen molar-refractivity contribution in [1.29, 1.82) is 0 Å². The highest BCUT2D eigenvalue weighted by atomic mass is 19.1. The molecule has 2 heterocycles. The van der Waals surface area contributed by atoms with Gasteiger partial charge < -0.3 is 15.0 Å². The van der Waals surface area contributed by atoms with Gasteiger partial charge in [0, 0.05) is 13.0 Å². The van der Waals surface area contributed by atoms with Crippen LogP contribution in [0.15, 0.2) is 54.3 Å². The van der Waals surface area contributed by atoms with Crippen molar-refractivity contribution in [2.45, 2.75) is 26.2 Å². The Balaban J connectivity index is 1.38. The zero-order chi connectivity index (χ0) is 23.2. The molecule has 0 bridgehead atoms. The van der Waals surface area contributed by atoms with Crippen LogP contribution in [0.3, 0.4) is 0 Å². The van der Waals surface area contributed by atoms with Crippen LogP contribution >= 0.6 is 0 Å². The highest BCUT2D eigenvalue weighted by Gasteiger charge is 2.31. The lowest BCUT2D eigenvalue weighted by molar-refractivity contribution is -0.906. The number of halogens is 1. The normalized spacial score (nSPS) is 21.5. The van der Waals surface area contributed by atoms with Crippen LogP contribution in [-0.4, -0.2) is 44.5 Å². The first-order valence-corrected chi connectivity index (χ1v) is 11.7. The van der Waals surface area contributed by atoms with Gasteiger partial charge in [-0.3, -0.25) is 14.5 Å². The third-order valence-corrected chi connectivity index (χ3v) is 6.29. The maximum absolute atomic E-state index is 13.6. The van der Waals surface area contributed by atoms with E-state index in [1.807, 2.05) is 0 Å². The van der Waals surface area contributed by atoms with Gasteiger partial charge in [0.05, 0.1) is 25.3 Å². The van der Waals surface area contributed by atoms with Gasteiger partial charge in [-0.1, -0.05) is 31.2 Å². The lowest BCUT2D eigenvalue weighted by atomic mass is 9.99. The molecule has 2 aromatic carbocycles. The second-order valence-corrected chi connectivity index (χ2v) is 8.91. The average Bonchev–Trinajstić information content (AvgIpc) is 2.81. The summed E-state index contributed by atoms with van der Waals surface area (Å²) in [7, 11) is 0. The number of nitrogens with one attached hydrogen (secondary N) is 2. The maximum Gasteiger partial charge on any atom is 0.294 e. The predicted molar refractivity (Wildman–Crippen MR) is 125 cm³/mol. The van der Waals surface area contributed by atoms with E-state index in [-0.39, 0.29) is 18.2 Å². The lowest BCUT2D eigenvalue weighted by Gasteiger charge is -2.30. The molecule has 33 heavy (non-hydrogen) atoms. The summed E-state index contributed by atoms with van der Waals surface area (Å²) in [5, 5.41) is 2.95. The third-order valence-electron chi connectivity index (χ3n) is 6.29. The van der Waals surface area contributed by atoms with Gasteiger partial charge in [0.15, 0.2) is 11.5 Å². The molecule has 1 saturated heterocycles. The predicted octanol–water partition coefficient (Wildman–Crippen LogP) is 2.41. The monoisotopic (exact) mass is 452 g/mol. The minimum absolute atomic E-state index is 0.0510. The molecular formula is C26H31FN3O3+. The smallest absolute Gasteiger partial charge is 0.294 e. The fourth-order valence-corrected chi connectivity index (χ4v) is 4.35. The highest BCUT2D eigenvalue weighted by Crippen LogP contribution is 2.35. The second-order valence-electron chi connectivity index (χ2n) is 8.91. The quantitative estimate of drug-likeness (QED) is 0.501. The van der Waals surface area contributed by atoms with Crippen molar-refractivity contribution >= 4 is 23.6 Å². The number of ether oxygens (including phenoxy) is 1. The molecule has 0 unspecified atom stereocenters. The van der Waals surface area contributed by atoms with Crippen LogP contribution in [0.1, 0.15) is 31.7 Å². The number of carbonyl (C=O) groups is 2. The Bertz CT molecular complexity index is 1030. The van der Waals surface area contributed by atoms with Crippen molar-refractivity contribution in [3.63, 3.8) is 0 Å². The maximum atomic E-state index is 13.6. The summed E-state index contributed by atoms with van der Waals surface area (Å²) < 4.78 is 19.4. The number of piperidine rings is 1. The van der Waals surface area contributed by atoms with Crippen molar-refractivity contribution < 1.29 is 23.6 Å². The number of carbonyl (C=O) groups excluding carboxylic acids is 2. The van der Waals surface area contributed by atoms with Gasteiger partial charge in [0.25, 0.3) is 5.91 Å². The van der Waals surface area contributed by atoms with Gasteiger partial charge >= 0.3 is 0 Å². The minimum Gasteiger partial charge on any atom is -0.449 e. The Morgan fingerprint density at radius 2 is 2.00 bits per heavy atom. The summed E-state index contributed by atoms with van der Waals surface area (Å²) in [6, 6.07) is 13.0. The number of anilines is 1. The fourth-order valence-electron chi connectivity index (χ4n) is 4.35. The summed E-state index contributed by atoms with van der Waals surface area (Å²) in [5.74, 6) is 0.310. The van der Waals surface area contributed by atoms with E-state index in [2.05, 4.69) is 12.2 Å². The summed E-state index contributed by atoms with van der Waals surface area (Å²) >= 11 is 0. The molecule has 0 aromatic heterocycles. The van der Waals surface area contributed by atoms with Gasteiger partial charge in [0.2, 0.25) is 5.91 Å². The number of fused-ring (bicyclic) bond motifs is 1. The van der Waals surface area contributed by atoms with Gasteiger partial charge in [-0.2, -0.15) is 0 Å². The minimum atomic E-state index is -0.431. The summed E-state index contributed by atoms with van der Waals surface area (Å²) in [6.45, 7) is 6.24. The molecule has 2 amide bonds. The Hall–Kier alpha value is -3.19. The molecule has 1 fully saturated rings. The van der Waals surface area contributed by atoms with Crippen LogP contribution in [0.2, 0.25) is 0 Å². The zero-order valence-electron chi connectivity index (χ0n) is 19.0. The lowest BCUT2D eigenvalue weighted by Crippen LogP contribution is -3.13. The van der Waals surface area contributed by atoms with E-state index in [9.17, 15) is 14.0 Å². The van der Waals surface area contributed by atoms with E-state index < -0.39 is 11.7 Å². The SMILES string of the molecule is CC1CC[NH+](CCCNC(=O)CN2C(=O)C(=Cc3cccc(F)c3)Oc3ccccc32)CC1. The van der Waals surface area contributed by atoms with Gasteiger partial charge in [-0.05, 0) is 54.7 Å². The van der Waals surface area contributed by atoms with E-state index in [0.717, 1.165) is 18.9 Å². The van der Waals surface area contributed by atoms with Crippen molar-refractivity contribution in [3.05, 3.63) is 65.7 Å². The molecule has 0 radical (unpaired) electrons. The van der Waals surface area contributed by atoms with Crippen LogP contribution in [0.4, 0.5) is 10.1 Å². The van der Waals surface area contributed by atoms with E-state index >= 15 is 0 Å². The Morgan fingerprint density at radius 1 is 1.21 bits per heavy atom. The average molecular weight is 453 g/mol. The van der Waals surface area contributed by atoms with E-state index in [4.69, 9.17) is 4.74 Å². The van der Waals surface area contributed by atoms with Gasteiger partial charge in [0.1, 0.15) is 12.4 Å². The van der Waals surface area contributed by atoms with Crippen LogP contribution < -0.4 is 19.9 Å². The van der Waals surface area contributed by atoms with Crippen molar-refractivity contribution in [1.82, 2.24) is 5.32 Å². The molecule has 6 nitrogen and oxygen atoms in total. The van der Waals surface area contributed by atoms with Gasteiger partial charge in [-0.25, -0.2) is 4.39 Å². The fraction of sp³-hybridized carbons (Fsp3) is 0.385. The summed E-state index contributed by atoms with van der Waals surface area (Å²) in [4.78, 5) is 28.8. The standard InChI is InChI=1S/C26H30FN3O3/c1-19-10-14-29(15-11-19)13-5-12-28-25(31)18-30-22-8-2-3-9-23(22)33-24(26(30)32)17-20-6-4-7-21(27)16-20/h2-4,6-9,16-17,19H,5,10-15,18H2,1H3,(H,28,31)/p+1. The number of para-hydroxylation sites is 2. The van der Waals surface area contributed by atoms with E-state index in [1.165, 1.54) is 49.0 Å². The van der Waals surface area contributed by atoms with Crippen molar-refractivity contribution in [2.24, 2.45) is 5.92 Å². The molecule has 0 atom stereocenters. The Labute approximate surface area is 194 Å². The number of rotatable bonds is 7. The van der Waals surface area contributed by atoms with Crippen LogP contribution in [-0.2, 0) is 9.59 Å². The number of hydrogen-bond acceptors (Lipinski definition) is 3. The number of quaternary nitrogens is 1. The van der Waals surface area contributed by atoms with Crippen molar-refractivity contribution in [3.8, 4) is 5.75 Å².